The summed E-state index contributed by atoms with van der Waals surface area (Å²) in [6, 6.07) is 12.4. The van der Waals surface area contributed by atoms with Crippen molar-refractivity contribution in [3.05, 3.63) is 69.4 Å². The van der Waals surface area contributed by atoms with Crippen LogP contribution in [-0.4, -0.2) is 21.5 Å². The first-order chi connectivity index (χ1) is 11.7. The number of carbonyl (C=O) groups is 1. The molecule has 0 unspecified atom stereocenters. The molecule has 0 N–H and O–H groups in total. The molecule has 0 aliphatic carbocycles. The molecular formula is C22H28O2Si. The fourth-order valence-electron chi connectivity index (χ4n) is 3.38. The normalized spacial score (nSPS) is 12.6. The van der Waals surface area contributed by atoms with Crippen molar-refractivity contribution in [2.75, 3.05) is 7.11 Å². The molecule has 2 aromatic carbocycles. The monoisotopic (exact) mass is 352 g/mol. The summed E-state index contributed by atoms with van der Waals surface area (Å²) in [5.74, 6) is 0.820. The Labute approximate surface area is 152 Å². The fourth-order valence-corrected chi connectivity index (χ4v) is 4.75. The summed E-state index contributed by atoms with van der Waals surface area (Å²) in [6.45, 7) is 13.0. The van der Waals surface area contributed by atoms with Gasteiger partial charge < -0.3 is 4.74 Å². The maximum Gasteiger partial charge on any atom is 0.142 e. The third kappa shape index (κ3) is 4.10. The van der Waals surface area contributed by atoms with E-state index in [-0.39, 0.29) is 0 Å². The highest BCUT2D eigenvalue weighted by Gasteiger charge is 2.26. The highest BCUT2D eigenvalue weighted by atomic mass is 28.3. The Morgan fingerprint density at radius 3 is 1.88 bits per heavy atom. The Morgan fingerprint density at radius 1 is 0.960 bits per heavy atom. The molecule has 3 heteroatoms. The maximum absolute atomic E-state index is 12.1. The topological polar surface area (TPSA) is 26.3 Å². The second-order valence-electron chi connectivity index (χ2n) is 7.66. The van der Waals surface area contributed by atoms with Crippen LogP contribution < -0.4 is 4.74 Å². The standard InChI is InChI=1S/C22H28O2Si/c1-15-12-16(2)21(17(3)13-15)22(20(14-23)25(5,6)7)18-8-10-19(24-4)11-9-18/h8-14H,1-7H3/b22-20-. The summed E-state index contributed by atoms with van der Waals surface area (Å²) in [6.07, 6.45) is 1.07. The minimum absolute atomic E-state index is 0.820. The van der Waals surface area contributed by atoms with Crippen molar-refractivity contribution in [2.45, 2.75) is 40.4 Å². The lowest BCUT2D eigenvalue weighted by atomic mass is 9.89. The van der Waals surface area contributed by atoms with Crippen LogP contribution in [0.2, 0.25) is 19.6 Å². The van der Waals surface area contributed by atoms with Crippen molar-refractivity contribution >= 4 is 19.9 Å². The molecule has 132 valence electrons. The highest BCUT2D eigenvalue weighted by molar-refractivity contribution is 6.87. The maximum atomic E-state index is 12.1. The predicted octanol–water partition coefficient (Wildman–Crippen LogP) is 5.50. The summed E-state index contributed by atoms with van der Waals surface area (Å²) in [4.78, 5) is 12.1. The van der Waals surface area contributed by atoms with Crippen molar-refractivity contribution < 1.29 is 9.53 Å². The minimum Gasteiger partial charge on any atom is -0.497 e. The molecule has 0 saturated heterocycles. The number of aldehydes is 1. The molecule has 0 aliphatic rings. The molecule has 2 aromatic rings. The van der Waals surface area contributed by atoms with Crippen LogP contribution >= 0.6 is 0 Å². The molecule has 0 amide bonds. The zero-order valence-electron chi connectivity index (χ0n) is 16.4. The molecule has 0 aromatic heterocycles. The molecule has 0 aliphatic heterocycles. The summed E-state index contributed by atoms with van der Waals surface area (Å²) in [5, 5.41) is 0.952. The van der Waals surface area contributed by atoms with E-state index in [1.54, 1.807) is 7.11 Å². The first kappa shape index (κ1) is 19.2. The van der Waals surface area contributed by atoms with Crippen LogP contribution in [0.15, 0.2) is 41.6 Å². The quantitative estimate of drug-likeness (QED) is 0.403. The number of rotatable bonds is 5. The van der Waals surface area contributed by atoms with E-state index >= 15 is 0 Å². The van der Waals surface area contributed by atoms with Gasteiger partial charge in [-0.15, -0.1) is 0 Å². The largest absolute Gasteiger partial charge is 0.497 e. The number of benzene rings is 2. The molecule has 0 bridgehead atoms. The predicted molar refractivity (Wildman–Crippen MR) is 109 cm³/mol. The molecule has 0 spiro atoms. The molecule has 0 radical (unpaired) electrons. The Bertz CT molecular complexity index is 786. The minimum atomic E-state index is -1.82. The number of methoxy groups -OCH3 is 1. The van der Waals surface area contributed by atoms with Crippen LogP contribution in [0.4, 0.5) is 0 Å². The van der Waals surface area contributed by atoms with E-state index in [0.29, 0.717) is 0 Å². The summed E-state index contributed by atoms with van der Waals surface area (Å²) < 4.78 is 5.29. The first-order valence-electron chi connectivity index (χ1n) is 8.61. The lowest BCUT2D eigenvalue weighted by Gasteiger charge is -2.24. The second-order valence-corrected chi connectivity index (χ2v) is 12.7. The molecule has 0 saturated carbocycles. The fraction of sp³-hybridized carbons (Fsp3) is 0.318. The molecule has 25 heavy (non-hydrogen) atoms. The highest BCUT2D eigenvalue weighted by Crippen LogP contribution is 2.35. The van der Waals surface area contributed by atoms with Gasteiger partial charge in [0.05, 0.1) is 15.2 Å². The number of hydrogen-bond acceptors (Lipinski definition) is 2. The van der Waals surface area contributed by atoms with Gasteiger partial charge in [-0.25, -0.2) is 0 Å². The van der Waals surface area contributed by atoms with Crippen LogP contribution in [0.25, 0.3) is 5.57 Å². The Kier molecular flexibility index (Phi) is 5.68. The Hall–Kier alpha value is -2.13. The number of carbonyl (C=O) groups excluding carboxylic acids is 1. The van der Waals surface area contributed by atoms with Gasteiger partial charge in [0, 0.05) is 0 Å². The number of hydrogen-bond donors (Lipinski definition) is 0. The van der Waals surface area contributed by atoms with Gasteiger partial charge in [0.15, 0.2) is 0 Å². The smallest absolute Gasteiger partial charge is 0.142 e. The molecular weight excluding hydrogens is 324 g/mol. The van der Waals surface area contributed by atoms with Gasteiger partial charge in [-0.3, -0.25) is 4.79 Å². The van der Waals surface area contributed by atoms with Gasteiger partial charge in [0.2, 0.25) is 0 Å². The van der Waals surface area contributed by atoms with E-state index in [1.807, 2.05) is 12.1 Å². The van der Waals surface area contributed by atoms with Crippen LogP contribution in [0.5, 0.6) is 5.75 Å². The van der Waals surface area contributed by atoms with Gasteiger partial charge in [0.1, 0.15) is 12.0 Å². The second kappa shape index (κ2) is 7.40. The third-order valence-electron chi connectivity index (χ3n) is 4.50. The molecule has 0 atom stereocenters. The van der Waals surface area contributed by atoms with Crippen LogP contribution in [0.3, 0.4) is 0 Å². The van der Waals surface area contributed by atoms with Gasteiger partial charge in [-0.05, 0) is 65.9 Å². The zero-order chi connectivity index (χ0) is 18.8. The lowest BCUT2D eigenvalue weighted by molar-refractivity contribution is -0.104. The van der Waals surface area contributed by atoms with Crippen LogP contribution in [0, 0.1) is 20.8 Å². The van der Waals surface area contributed by atoms with Crippen LogP contribution in [-0.2, 0) is 4.79 Å². The number of ether oxygens (including phenoxy) is 1. The molecule has 0 heterocycles. The van der Waals surface area contributed by atoms with E-state index in [9.17, 15) is 4.79 Å². The first-order valence-corrected chi connectivity index (χ1v) is 12.1. The van der Waals surface area contributed by atoms with Crippen molar-refractivity contribution in [3.8, 4) is 5.75 Å². The van der Waals surface area contributed by atoms with E-state index in [2.05, 4.69) is 64.7 Å². The molecule has 2 rings (SSSR count). The van der Waals surface area contributed by atoms with Crippen molar-refractivity contribution in [2.24, 2.45) is 0 Å². The van der Waals surface area contributed by atoms with Crippen molar-refractivity contribution in [1.82, 2.24) is 0 Å². The van der Waals surface area contributed by atoms with Gasteiger partial charge in [-0.2, -0.15) is 0 Å². The van der Waals surface area contributed by atoms with E-state index < -0.39 is 8.07 Å². The van der Waals surface area contributed by atoms with Gasteiger partial charge in [-0.1, -0.05) is 49.5 Å². The third-order valence-corrected chi connectivity index (χ3v) is 6.48. The Morgan fingerprint density at radius 2 is 1.48 bits per heavy atom. The average molecular weight is 353 g/mol. The lowest BCUT2D eigenvalue weighted by Crippen LogP contribution is -2.27. The average Bonchev–Trinajstić information content (AvgIpc) is 2.52. The number of aryl methyl sites for hydroxylation is 3. The summed E-state index contributed by atoms with van der Waals surface area (Å²) >= 11 is 0. The van der Waals surface area contributed by atoms with Gasteiger partial charge >= 0.3 is 0 Å². The Balaban J connectivity index is 2.87. The van der Waals surface area contributed by atoms with Gasteiger partial charge in [0.25, 0.3) is 0 Å². The summed E-state index contributed by atoms with van der Waals surface area (Å²) in [7, 11) is -0.151. The van der Waals surface area contributed by atoms with E-state index in [1.165, 1.54) is 22.3 Å². The molecule has 2 nitrogen and oxygen atoms in total. The molecule has 0 fully saturated rings. The SMILES string of the molecule is COc1ccc(/C(=C(\C=O)[Si](C)(C)C)c2c(C)cc(C)cc2C)cc1. The number of allylic oxidation sites excluding steroid dienone is 1. The van der Waals surface area contributed by atoms with Crippen molar-refractivity contribution in [3.63, 3.8) is 0 Å². The summed E-state index contributed by atoms with van der Waals surface area (Å²) in [5.41, 5.74) is 6.99. The zero-order valence-corrected chi connectivity index (χ0v) is 17.4. The van der Waals surface area contributed by atoms with Crippen LogP contribution in [0.1, 0.15) is 27.8 Å². The van der Waals surface area contributed by atoms with E-state index in [4.69, 9.17) is 4.74 Å². The van der Waals surface area contributed by atoms with E-state index in [0.717, 1.165) is 28.4 Å². The van der Waals surface area contributed by atoms with Crippen molar-refractivity contribution in [1.29, 1.82) is 0 Å².